The van der Waals surface area contributed by atoms with Gasteiger partial charge in [-0.1, -0.05) is 18.2 Å². The largest absolute Gasteiger partial charge is 0.331 e. The van der Waals surface area contributed by atoms with Crippen LogP contribution in [0.25, 0.3) is 0 Å². The van der Waals surface area contributed by atoms with Gasteiger partial charge in [-0.3, -0.25) is 4.79 Å². The van der Waals surface area contributed by atoms with E-state index < -0.39 is 0 Å². The number of rotatable bonds is 2. The topological polar surface area (TPSA) is 20.3 Å². The summed E-state index contributed by atoms with van der Waals surface area (Å²) in [5.41, 5.74) is 0.604. The summed E-state index contributed by atoms with van der Waals surface area (Å²) in [7, 11) is 0. The van der Waals surface area contributed by atoms with Crippen LogP contribution < -0.4 is 0 Å². The zero-order chi connectivity index (χ0) is 12.3. The molecule has 0 unspecified atom stereocenters. The van der Waals surface area contributed by atoms with Gasteiger partial charge in [0.1, 0.15) is 0 Å². The number of carbonyl (C=O) groups excluding carboxylic acids is 1. The van der Waals surface area contributed by atoms with E-state index in [1.54, 1.807) is 0 Å². The van der Waals surface area contributed by atoms with Gasteiger partial charge < -0.3 is 4.90 Å². The van der Waals surface area contributed by atoms with Crippen molar-refractivity contribution in [1.29, 1.82) is 0 Å². The molecule has 0 bridgehead atoms. The average Bonchev–Trinajstić information content (AvgIpc) is 2.16. The molecular weight excluding hydrogens is 198 g/mol. The van der Waals surface area contributed by atoms with Crippen LogP contribution in [0.3, 0.4) is 0 Å². The summed E-state index contributed by atoms with van der Waals surface area (Å²) in [5.74, 6) is 0.100. The molecular formula is C14H21NO. The van der Waals surface area contributed by atoms with Crippen LogP contribution >= 0.6 is 0 Å². The van der Waals surface area contributed by atoms with Crippen LogP contribution in [0.15, 0.2) is 30.3 Å². The second-order valence-corrected chi connectivity index (χ2v) is 5.31. The Balaban J connectivity index is 3.02. The Morgan fingerprint density at radius 3 is 2.00 bits per heavy atom. The van der Waals surface area contributed by atoms with Gasteiger partial charge in [-0.25, -0.2) is 0 Å². The molecule has 0 aliphatic carbocycles. The first kappa shape index (κ1) is 12.8. The fraction of sp³-hybridized carbons (Fsp3) is 0.500. The first-order valence-corrected chi connectivity index (χ1v) is 5.72. The van der Waals surface area contributed by atoms with E-state index in [1.807, 2.05) is 49.1 Å². The van der Waals surface area contributed by atoms with Crippen LogP contribution in [-0.4, -0.2) is 22.4 Å². The van der Waals surface area contributed by atoms with Gasteiger partial charge in [-0.05, 0) is 46.8 Å². The minimum Gasteiger partial charge on any atom is -0.331 e. The summed E-state index contributed by atoms with van der Waals surface area (Å²) in [5, 5.41) is 0. The molecule has 1 aromatic carbocycles. The van der Waals surface area contributed by atoms with Crippen molar-refractivity contribution in [3.8, 4) is 0 Å². The maximum atomic E-state index is 12.4. The van der Waals surface area contributed by atoms with Crippen LogP contribution in [0.5, 0.6) is 0 Å². The van der Waals surface area contributed by atoms with Crippen molar-refractivity contribution in [3.05, 3.63) is 35.9 Å². The Bertz CT molecular complexity index is 349. The molecule has 1 amide bonds. The molecule has 0 heterocycles. The predicted molar refractivity (Wildman–Crippen MR) is 67.5 cm³/mol. The minimum absolute atomic E-state index is 0.100. The number of nitrogens with zero attached hydrogens (tertiary/aromatic N) is 1. The highest BCUT2D eigenvalue weighted by molar-refractivity contribution is 5.94. The van der Waals surface area contributed by atoms with E-state index in [9.17, 15) is 4.79 Å². The third-order valence-electron chi connectivity index (χ3n) is 2.48. The van der Waals surface area contributed by atoms with Crippen LogP contribution in [0.1, 0.15) is 45.0 Å². The number of benzene rings is 1. The molecule has 0 atom stereocenters. The van der Waals surface area contributed by atoms with Gasteiger partial charge in [-0.2, -0.15) is 0 Å². The van der Waals surface area contributed by atoms with Gasteiger partial charge in [0.15, 0.2) is 0 Å². The Morgan fingerprint density at radius 2 is 1.62 bits per heavy atom. The van der Waals surface area contributed by atoms with Gasteiger partial charge in [0, 0.05) is 17.1 Å². The van der Waals surface area contributed by atoms with E-state index >= 15 is 0 Å². The number of amides is 1. The first-order valence-electron chi connectivity index (χ1n) is 5.72. The Kier molecular flexibility index (Phi) is 3.74. The van der Waals surface area contributed by atoms with Gasteiger partial charge >= 0.3 is 0 Å². The third kappa shape index (κ3) is 2.84. The first-order chi connectivity index (χ1) is 7.34. The third-order valence-corrected chi connectivity index (χ3v) is 2.48. The monoisotopic (exact) mass is 219 g/mol. The van der Waals surface area contributed by atoms with Crippen LogP contribution in [0, 0.1) is 0 Å². The predicted octanol–water partition coefficient (Wildman–Crippen LogP) is 3.34. The smallest absolute Gasteiger partial charge is 0.254 e. The summed E-state index contributed by atoms with van der Waals surface area (Å²) in [4.78, 5) is 14.3. The maximum absolute atomic E-state index is 12.4. The Hall–Kier alpha value is -1.31. The lowest BCUT2D eigenvalue weighted by Crippen LogP contribution is -2.49. The highest BCUT2D eigenvalue weighted by Crippen LogP contribution is 2.20. The van der Waals surface area contributed by atoms with Crippen molar-refractivity contribution in [2.45, 2.75) is 46.2 Å². The number of hydrogen-bond acceptors (Lipinski definition) is 1. The van der Waals surface area contributed by atoms with E-state index in [0.717, 1.165) is 5.56 Å². The Morgan fingerprint density at radius 1 is 1.12 bits per heavy atom. The van der Waals surface area contributed by atoms with E-state index in [-0.39, 0.29) is 17.5 Å². The van der Waals surface area contributed by atoms with Gasteiger partial charge in [0.25, 0.3) is 5.91 Å². The van der Waals surface area contributed by atoms with Crippen LogP contribution in [0.4, 0.5) is 0 Å². The van der Waals surface area contributed by atoms with Gasteiger partial charge in [0.05, 0.1) is 0 Å². The summed E-state index contributed by atoms with van der Waals surface area (Å²) in [6.45, 7) is 10.3. The van der Waals surface area contributed by atoms with Crippen molar-refractivity contribution < 1.29 is 4.79 Å². The lowest BCUT2D eigenvalue weighted by molar-refractivity contribution is 0.0490. The minimum atomic E-state index is -0.152. The molecule has 0 aliphatic heterocycles. The maximum Gasteiger partial charge on any atom is 0.254 e. The molecule has 0 aromatic heterocycles. The highest BCUT2D eigenvalue weighted by Gasteiger charge is 2.29. The molecule has 16 heavy (non-hydrogen) atoms. The molecule has 0 aliphatic rings. The summed E-state index contributed by atoms with van der Waals surface area (Å²) < 4.78 is 0. The summed E-state index contributed by atoms with van der Waals surface area (Å²) in [6, 6.07) is 9.65. The summed E-state index contributed by atoms with van der Waals surface area (Å²) in [6.07, 6.45) is 0. The molecule has 88 valence electrons. The molecule has 0 fully saturated rings. The van der Waals surface area contributed by atoms with E-state index in [0.29, 0.717) is 0 Å². The molecule has 0 radical (unpaired) electrons. The molecule has 2 nitrogen and oxygen atoms in total. The lowest BCUT2D eigenvalue weighted by Gasteiger charge is -2.39. The molecule has 0 spiro atoms. The van der Waals surface area contributed by atoms with E-state index in [1.165, 1.54) is 0 Å². The van der Waals surface area contributed by atoms with Gasteiger partial charge in [-0.15, -0.1) is 0 Å². The van der Waals surface area contributed by atoms with Crippen LogP contribution in [0.2, 0.25) is 0 Å². The zero-order valence-corrected chi connectivity index (χ0v) is 10.8. The zero-order valence-electron chi connectivity index (χ0n) is 10.8. The fourth-order valence-corrected chi connectivity index (χ4v) is 2.03. The average molecular weight is 219 g/mol. The molecule has 1 aromatic rings. The summed E-state index contributed by atoms with van der Waals surface area (Å²) >= 11 is 0. The standard InChI is InChI=1S/C14H21NO/c1-11(2)15(14(3,4)5)13(16)12-9-7-6-8-10-12/h6-11H,1-5H3. The van der Waals surface area contributed by atoms with E-state index in [2.05, 4.69) is 20.8 Å². The normalized spacial score (nSPS) is 11.6. The van der Waals surface area contributed by atoms with Crippen molar-refractivity contribution in [2.75, 3.05) is 0 Å². The number of hydrogen-bond donors (Lipinski definition) is 0. The van der Waals surface area contributed by atoms with Crippen LogP contribution in [-0.2, 0) is 0 Å². The highest BCUT2D eigenvalue weighted by atomic mass is 16.2. The lowest BCUT2D eigenvalue weighted by atomic mass is 10.0. The second kappa shape index (κ2) is 4.69. The fourth-order valence-electron chi connectivity index (χ4n) is 2.03. The molecule has 0 N–H and O–H groups in total. The van der Waals surface area contributed by atoms with Crippen molar-refractivity contribution in [1.82, 2.24) is 4.90 Å². The van der Waals surface area contributed by atoms with Gasteiger partial charge in [0.2, 0.25) is 0 Å². The van der Waals surface area contributed by atoms with Crippen molar-refractivity contribution >= 4 is 5.91 Å². The SMILES string of the molecule is CC(C)N(C(=O)c1ccccc1)C(C)(C)C. The second-order valence-electron chi connectivity index (χ2n) is 5.31. The molecule has 0 saturated carbocycles. The van der Waals surface area contributed by atoms with E-state index in [4.69, 9.17) is 0 Å². The molecule has 0 saturated heterocycles. The quantitative estimate of drug-likeness (QED) is 0.747. The Labute approximate surface area is 98.3 Å². The van der Waals surface area contributed by atoms with Crippen molar-refractivity contribution in [3.63, 3.8) is 0 Å². The number of carbonyl (C=O) groups is 1. The molecule has 2 heteroatoms. The molecule has 1 rings (SSSR count). The van der Waals surface area contributed by atoms with Crippen molar-refractivity contribution in [2.24, 2.45) is 0 Å².